The molecule has 2 bridgehead atoms. The fourth-order valence-electron chi connectivity index (χ4n) is 2.33. The average Bonchev–Trinajstić information content (AvgIpc) is 2.85. The molecule has 0 unspecified atom stereocenters. The number of aliphatic hydroxyl groups excluding tert-OH is 2. The Balaban J connectivity index is 1.65. The van der Waals surface area contributed by atoms with E-state index in [9.17, 15) is 10.2 Å². The van der Waals surface area contributed by atoms with Gasteiger partial charge >= 0.3 is 0 Å². The van der Waals surface area contributed by atoms with Crippen LogP contribution in [0.15, 0.2) is 30.3 Å². The van der Waals surface area contributed by atoms with Gasteiger partial charge in [0.15, 0.2) is 6.29 Å². The van der Waals surface area contributed by atoms with Crippen molar-refractivity contribution in [2.45, 2.75) is 37.3 Å². The number of rotatable bonds is 3. The molecular formula is C13H16O5. The van der Waals surface area contributed by atoms with Gasteiger partial charge in [0.25, 0.3) is 0 Å². The third-order valence-corrected chi connectivity index (χ3v) is 3.35. The standard InChI is InChI=1S/C13H16O5/c14-10-9-7-17-13(18-9)11(15)12(10)16-6-8-4-2-1-3-5-8/h1-5,9-15H,6-7H2/t9-,10+,11+,12-,13-/m1/s1. The quantitative estimate of drug-likeness (QED) is 0.795. The molecule has 1 aromatic carbocycles. The van der Waals surface area contributed by atoms with Crippen LogP contribution in [0.4, 0.5) is 0 Å². The summed E-state index contributed by atoms with van der Waals surface area (Å²) in [5.74, 6) is 0. The summed E-state index contributed by atoms with van der Waals surface area (Å²) in [5.41, 5.74) is 0.997. The molecule has 2 aliphatic heterocycles. The highest BCUT2D eigenvalue weighted by atomic mass is 16.7. The molecular weight excluding hydrogens is 236 g/mol. The van der Waals surface area contributed by atoms with E-state index in [0.717, 1.165) is 5.56 Å². The van der Waals surface area contributed by atoms with E-state index < -0.39 is 30.7 Å². The molecule has 2 aliphatic rings. The van der Waals surface area contributed by atoms with Crippen LogP contribution in [0.25, 0.3) is 0 Å². The molecule has 5 nitrogen and oxygen atoms in total. The number of aliphatic hydroxyl groups is 2. The van der Waals surface area contributed by atoms with Crippen LogP contribution in [0, 0.1) is 0 Å². The predicted octanol–water partition coefficient (Wildman–Crippen LogP) is 0.0487. The minimum absolute atomic E-state index is 0.300. The molecule has 0 spiro atoms. The van der Waals surface area contributed by atoms with Gasteiger partial charge in [0, 0.05) is 0 Å². The van der Waals surface area contributed by atoms with Crippen LogP contribution < -0.4 is 0 Å². The van der Waals surface area contributed by atoms with E-state index in [1.165, 1.54) is 0 Å². The van der Waals surface area contributed by atoms with Gasteiger partial charge in [-0.3, -0.25) is 0 Å². The summed E-state index contributed by atoms with van der Waals surface area (Å²) in [4.78, 5) is 0. The van der Waals surface area contributed by atoms with Gasteiger partial charge in [-0.2, -0.15) is 0 Å². The molecule has 2 fully saturated rings. The highest BCUT2D eigenvalue weighted by Crippen LogP contribution is 2.30. The maximum atomic E-state index is 10.0. The van der Waals surface area contributed by atoms with E-state index in [4.69, 9.17) is 14.2 Å². The number of hydrogen-bond acceptors (Lipinski definition) is 5. The molecule has 0 amide bonds. The first-order chi connectivity index (χ1) is 8.75. The first kappa shape index (κ1) is 12.1. The number of fused-ring (bicyclic) bond motifs is 2. The van der Waals surface area contributed by atoms with E-state index in [1.54, 1.807) is 0 Å². The second-order valence-electron chi connectivity index (χ2n) is 4.62. The van der Waals surface area contributed by atoms with Gasteiger partial charge in [0.05, 0.1) is 13.2 Å². The minimum atomic E-state index is -0.956. The van der Waals surface area contributed by atoms with E-state index in [2.05, 4.69) is 0 Å². The summed E-state index contributed by atoms with van der Waals surface area (Å²) in [6.07, 6.45) is -3.57. The Morgan fingerprint density at radius 3 is 2.72 bits per heavy atom. The molecule has 1 aromatic rings. The van der Waals surface area contributed by atoms with E-state index in [-0.39, 0.29) is 0 Å². The molecule has 0 aromatic heterocycles. The minimum Gasteiger partial charge on any atom is -0.387 e. The van der Waals surface area contributed by atoms with Crippen molar-refractivity contribution < 1.29 is 24.4 Å². The molecule has 2 saturated heterocycles. The summed E-state index contributed by atoms with van der Waals surface area (Å²) in [7, 11) is 0. The van der Waals surface area contributed by atoms with Gasteiger partial charge in [0.2, 0.25) is 0 Å². The molecule has 0 saturated carbocycles. The summed E-state index contributed by atoms with van der Waals surface area (Å²) in [6.45, 7) is 0.646. The van der Waals surface area contributed by atoms with Crippen molar-refractivity contribution in [2.24, 2.45) is 0 Å². The lowest BCUT2D eigenvalue weighted by Gasteiger charge is -2.35. The number of hydrogen-bond donors (Lipinski definition) is 2. The Morgan fingerprint density at radius 2 is 1.94 bits per heavy atom. The van der Waals surface area contributed by atoms with Crippen molar-refractivity contribution in [1.82, 2.24) is 0 Å². The normalized spacial score (nSPS) is 38.9. The van der Waals surface area contributed by atoms with Gasteiger partial charge in [-0.15, -0.1) is 0 Å². The van der Waals surface area contributed by atoms with Crippen molar-refractivity contribution in [3.63, 3.8) is 0 Å². The largest absolute Gasteiger partial charge is 0.387 e. The third-order valence-electron chi connectivity index (χ3n) is 3.35. The van der Waals surface area contributed by atoms with Crippen molar-refractivity contribution in [3.05, 3.63) is 35.9 Å². The first-order valence-corrected chi connectivity index (χ1v) is 6.04. The number of benzene rings is 1. The maximum absolute atomic E-state index is 10.0. The van der Waals surface area contributed by atoms with E-state index in [1.807, 2.05) is 30.3 Å². The lowest BCUT2D eigenvalue weighted by atomic mass is 10.0. The Labute approximate surface area is 105 Å². The number of ether oxygens (including phenoxy) is 3. The van der Waals surface area contributed by atoms with Crippen LogP contribution in [-0.4, -0.2) is 47.5 Å². The Bertz CT molecular complexity index is 380. The van der Waals surface area contributed by atoms with Gasteiger partial charge in [0.1, 0.15) is 24.4 Å². The predicted molar refractivity (Wildman–Crippen MR) is 61.6 cm³/mol. The molecule has 3 rings (SSSR count). The van der Waals surface area contributed by atoms with Crippen molar-refractivity contribution >= 4 is 0 Å². The summed E-state index contributed by atoms with van der Waals surface area (Å²) >= 11 is 0. The maximum Gasteiger partial charge on any atom is 0.186 e. The van der Waals surface area contributed by atoms with Crippen LogP contribution in [0.3, 0.4) is 0 Å². The summed E-state index contributed by atoms with van der Waals surface area (Å²) < 4.78 is 16.1. The van der Waals surface area contributed by atoms with Gasteiger partial charge in [-0.25, -0.2) is 0 Å². The molecule has 2 heterocycles. The summed E-state index contributed by atoms with van der Waals surface area (Å²) in [5, 5.41) is 20.0. The van der Waals surface area contributed by atoms with Gasteiger partial charge in [-0.1, -0.05) is 30.3 Å². The van der Waals surface area contributed by atoms with Crippen LogP contribution in [-0.2, 0) is 20.8 Å². The van der Waals surface area contributed by atoms with Crippen molar-refractivity contribution in [1.29, 1.82) is 0 Å². The fourth-order valence-corrected chi connectivity index (χ4v) is 2.33. The monoisotopic (exact) mass is 252 g/mol. The molecule has 0 radical (unpaired) electrons. The van der Waals surface area contributed by atoms with Crippen molar-refractivity contribution in [3.8, 4) is 0 Å². The molecule has 5 heteroatoms. The molecule has 18 heavy (non-hydrogen) atoms. The fraction of sp³-hybridized carbons (Fsp3) is 0.538. The Hall–Kier alpha value is -0.980. The second kappa shape index (κ2) is 4.95. The van der Waals surface area contributed by atoms with Gasteiger partial charge in [-0.05, 0) is 5.56 Å². The zero-order valence-electron chi connectivity index (χ0n) is 9.81. The van der Waals surface area contributed by atoms with Crippen LogP contribution in [0.5, 0.6) is 0 Å². The zero-order valence-corrected chi connectivity index (χ0v) is 9.81. The van der Waals surface area contributed by atoms with Crippen LogP contribution in [0.2, 0.25) is 0 Å². The van der Waals surface area contributed by atoms with Crippen LogP contribution in [0.1, 0.15) is 5.56 Å². The molecule has 0 aliphatic carbocycles. The van der Waals surface area contributed by atoms with Gasteiger partial charge < -0.3 is 24.4 Å². The smallest absolute Gasteiger partial charge is 0.186 e. The van der Waals surface area contributed by atoms with E-state index in [0.29, 0.717) is 13.2 Å². The van der Waals surface area contributed by atoms with E-state index >= 15 is 0 Å². The highest BCUT2D eigenvalue weighted by Gasteiger charge is 2.50. The average molecular weight is 252 g/mol. The SMILES string of the molecule is O[C@@H]1[C@@H]2OC[C@@H](O2)[C@H](O)[C@H]1OCc1ccccc1. The Morgan fingerprint density at radius 1 is 1.17 bits per heavy atom. The Kier molecular flexibility index (Phi) is 3.32. The molecule has 98 valence electrons. The zero-order chi connectivity index (χ0) is 12.5. The third kappa shape index (κ3) is 2.15. The lowest BCUT2D eigenvalue weighted by Crippen LogP contribution is -2.54. The second-order valence-corrected chi connectivity index (χ2v) is 4.62. The molecule has 5 atom stereocenters. The highest BCUT2D eigenvalue weighted by molar-refractivity contribution is 5.13. The first-order valence-electron chi connectivity index (χ1n) is 6.04. The molecule has 2 N–H and O–H groups in total. The summed E-state index contributed by atoms with van der Waals surface area (Å²) in [6, 6.07) is 9.63. The van der Waals surface area contributed by atoms with Crippen molar-refractivity contribution in [2.75, 3.05) is 6.61 Å². The van der Waals surface area contributed by atoms with Crippen LogP contribution >= 0.6 is 0 Å². The topological polar surface area (TPSA) is 68.2 Å². The lowest BCUT2D eigenvalue weighted by molar-refractivity contribution is -0.242.